The molecule has 0 N–H and O–H groups in total. The Balaban J connectivity index is 1.62. The van der Waals surface area contributed by atoms with Gasteiger partial charge in [0.2, 0.25) is 5.91 Å². The van der Waals surface area contributed by atoms with Crippen molar-refractivity contribution in [2.24, 2.45) is 0 Å². The second kappa shape index (κ2) is 7.94. The Kier molecular flexibility index (Phi) is 5.67. The predicted molar refractivity (Wildman–Crippen MR) is 98.1 cm³/mol. The van der Waals surface area contributed by atoms with Gasteiger partial charge in [0, 0.05) is 7.05 Å². The zero-order valence-corrected chi connectivity index (χ0v) is 15.7. The standard InChI is InChI=1S/C16H14FN3O2S3/c1-19(9-13-3-2-8-22-13)14(21)10-24-15-18-20(16(23)25-15)12-6-4-11(17)5-7-12/h2-8H,9-10H2,1H3. The molecule has 25 heavy (non-hydrogen) atoms. The van der Waals surface area contributed by atoms with Crippen molar-refractivity contribution in [1.82, 2.24) is 14.7 Å². The van der Waals surface area contributed by atoms with E-state index in [0.29, 0.717) is 20.5 Å². The van der Waals surface area contributed by atoms with Crippen LogP contribution in [0.2, 0.25) is 0 Å². The normalized spacial score (nSPS) is 10.8. The Bertz CT molecular complexity index is 904. The second-order valence-corrected chi connectivity index (χ2v) is 7.99. The average molecular weight is 396 g/mol. The number of nitrogens with zero attached hydrogens (tertiary/aromatic N) is 3. The molecule has 0 saturated heterocycles. The van der Waals surface area contributed by atoms with Crippen LogP contribution in [0, 0.1) is 9.77 Å². The van der Waals surface area contributed by atoms with Crippen molar-refractivity contribution in [3.05, 3.63) is 58.2 Å². The van der Waals surface area contributed by atoms with Crippen molar-refractivity contribution in [3.63, 3.8) is 0 Å². The van der Waals surface area contributed by atoms with Crippen molar-refractivity contribution in [1.29, 1.82) is 0 Å². The molecule has 3 aromatic rings. The molecular formula is C16H14FN3O2S3. The van der Waals surface area contributed by atoms with Gasteiger partial charge < -0.3 is 9.32 Å². The third kappa shape index (κ3) is 4.56. The highest BCUT2D eigenvalue weighted by Gasteiger charge is 2.13. The van der Waals surface area contributed by atoms with Gasteiger partial charge in [-0.25, -0.2) is 9.07 Å². The summed E-state index contributed by atoms with van der Waals surface area (Å²) in [5.41, 5.74) is 0.691. The average Bonchev–Trinajstić information content (AvgIpc) is 3.23. The van der Waals surface area contributed by atoms with Gasteiger partial charge in [0.05, 0.1) is 24.2 Å². The Hall–Kier alpha value is -1.97. The van der Waals surface area contributed by atoms with Crippen molar-refractivity contribution in [3.8, 4) is 5.69 Å². The Morgan fingerprint density at radius 2 is 2.16 bits per heavy atom. The second-order valence-electron chi connectivity index (χ2n) is 5.14. The molecule has 0 atom stereocenters. The van der Waals surface area contributed by atoms with Gasteiger partial charge in [0.1, 0.15) is 11.6 Å². The molecule has 0 aliphatic heterocycles. The molecule has 3 rings (SSSR count). The first-order valence-corrected chi connectivity index (χ1v) is 9.49. The van der Waals surface area contributed by atoms with Crippen LogP contribution in [0.25, 0.3) is 5.69 Å². The number of hydrogen-bond acceptors (Lipinski definition) is 6. The van der Waals surface area contributed by atoms with Gasteiger partial charge in [-0.05, 0) is 48.6 Å². The van der Waals surface area contributed by atoms with E-state index in [1.54, 1.807) is 41.1 Å². The number of furan rings is 1. The van der Waals surface area contributed by atoms with E-state index in [0.717, 1.165) is 5.76 Å². The summed E-state index contributed by atoms with van der Waals surface area (Å²) >= 11 is 7.95. The largest absolute Gasteiger partial charge is 0.467 e. The van der Waals surface area contributed by atoms with E-state index in [4.69, 9.17) is 16.6 Å². The van der Waals surface area contributed by atoms with Gasteiger partial charge in [-0.1, -0.05) is 23.1 Å². The topological polar surface area (TPSA) is 51.3 Å². The predicted octanol–water partition coefficient (Wildman–Crippen LogP) is 4.15. The number of carbonyl (C=O) groups is 1. The van der Waals surface area contributed by atoms with Crippen LogP contribution in [0.15, 0.2) is 51.4 Å². The third-order valence-corrected chi connectivity index (χ3v) is 5.67. The highest BCUT2D eigenvalue weighted by molar-refractivity contribution is 8.01. The summed E-state index contributed by atoms with van der Waals surface area (Å²) in [6.45, 7) is 0.423. The van der Waals surface area contributed by atoms with Gasteiger partial charge in [-0.2, -0.15) is 0 Å². The number of amides is 1. The minimum atomic E-state index is -0.315. The highest BCUT2D eigenvalue weighted by Crippen LogP contribution is 2.24. The Morgan fingerprint density at radius 3 is 2.84 bits per heavy atom. The fraction of sp³-hybridized carbons (Fsp3) is 0.188. The molecule has 0 aliphatic carbocycles. The molecule has 2 heterocycles. The number of halogens is 1. The SMILES string of the molecule is CN(Cc1ccco1)C(=O)CSc1nn(-c2ccc(F)cc2)c(=S)s1. The van der Waals surface area contributed by atoms with Crippen molar-refractivity contribution >= 4 is 41.2 Å². The Labute approximate surface area is 157 Å². The lowest BCUT2D eigenvalue weighted by Gasteiger charge is -2.14. The highest BCUT2D eigenvalue weighted by atomic mass is 32.2. The van der Waals surface area contributed by atoms with E-state index in [1.165, 1.54) is 35.2 Å². The van der Waals surface area contributed by atoms with Crippen LogP contribution in [0.5, 0.6) is 0 Å². The van der Waals surface area contributed by atoms with E-state index >= 15 is 0 Å². The first kappa shape index (κ1) is 17.8. The molecule has 0 spiro atoms. The minimum Gasteiger partial charge on any atom is -0.467 e. The lowest BCUT2D eigenvalue weighted by molar-refractivity contribution is -0.127. The molecule has 1 amide bonds. The first-order chi connectivity index (χ1) is 12.0. The maximum atomic E-state index is 13.0. The minimum absolute atomic E-state index is 0.0316. The summed E-state index contributed by atoms with van der Waals surface area (Å²) in [6.07, 6.45) is 1.58. The van der Waals surface area contributed by atoms with Crippen LogP contribution in [-0.4, -0.2) is 33.4 Å². The summed E-state index contributed by atoms with van der Waals surface area (Å²) in [7, 11) is 1.73. The van der Waals surface area contributed by atoms with Gasteiger partial charge in [0.15, 0.2) is 8.29 Å². The van der Waals surface area contributed by atoms with Crippen molar-refractivity contribution in [2.75, 3.05) is 12.8 Å². The van der Waals surface area contributed by atoms with Gasteiger partial charge in [-0.3, -0.25) is 4.79 Å². The molecule has 0 unspecified atom stereocenters. The molecule has 130 valence electrons. The van der Waals surface area contributed by atoms with Crippen molar-refractivity contribution < 1.29 is 13.6 Å². The van der Waals surface area contributed by atoms with Crippen LogP contribution < -0.4 is 0 Å². The van der Waals surface area contributed by atoms with E-state index in [2.05, 4.69) is 5.10 Å². The lowest BCUT2D eigenvalue weighted by atomic mass is 10.3. The number of rotatable bonds is 6. The zero-order valence-electron chi connectivity index (χ0n) is 13.2. The summed E-state index contributed by atoms with van der Waals surface area (Å²) in [5, 5.41) is 4.40. The van der Waals surface area contributed by atoms with E-state index in [9.17, 15) is 9.18 Å². The quantitative estimate of drug-likeness (QED) is 0.464. The molecule has 0 aliphatic rings. The summed E-state index contributed by atoms with van der Waals surface area (Å²) in [4.78, 5) is 13.8. The molecule has 5 nitrogen and oxygen atoms in total. The smallest absolute Gasteiger partial charge is 0.233 e. The monoisotopic (exact) mass is 395 g/mol. The lowest BCUT2D eigenvalue weighted by Crippen LogP contribution is -2.27. The first-order valence-electron chi connectivity index (χ1n) is 7.28. The fourth-order valence-electron chi connectivity index (χ4n) is 2.02. The van der Waals surface area contributed by atoms with Gasteiger partial charge >= 0.3 is 0 Å². The number of hydrogen-bond donors (Lipinski definition) is 0. The number of aromatic nitrogens is 2. The van der Waals surface area contributed by atoms with E-state index in [-0.39, 0.29) is 17.5 Å². The van der Waals surface area contributed by atoms with Crippen molar-refractivity contribution in [2.45, 2.75) is 10.9 Å². The van der Waals surface area contributed by atoms with Gasteiger partial charge in [0.25, 0.3) is 0 Å². The maximum Gasteiger partial charge on any atom is 0.233 e. The third-order valence-electron chi connectivity index (χ3n) is 3.32. The fourth-order valence-corrected chi connectivity index (χ4v) is 4.32. The molecule has 2 aromatic heterocycles. The van der Waals surface area contributed by atoms with Crippen LogP contribution >= 0.6 is 35.3 Å². The van der Waals surface area contributed by atoms with Crippen LogP contribution in [0.4, 0.5) is 4.39 Å². The number of benzene rings is 1. The van der Waals surface area contributed by atoms with Crippen LogP contribution in [-0.2, 0) is 11.3 Å². The molecular weight excluding hydrogens is 381 g/mol. The molecule has 0 radical (unpaired) electrons. The zero-order chi connectivity index (χ0) is 17.8. The van der Waals surface area contributed by atoms with E-state index in [1.807, 2.05) is 6.07 Å². The molecule has 0 bridgehead atoms. The number of thioether (sulfide) groups is 1. The summed E-state index contributed by atoms with van der Waals surface area (Å²) in [5.74, 6) is 0.640. The summed E-state index contributed by atoms with van der Waals surface area (Å²) < 4.78 is 21.1. The van der Waals surface area contributed by atoms with Crippen LogP contribution in [0.3, 0.4) is 0 Å². The molecule has 0 fully saturated rings. The van der Waals surface area contributed by atoms with Gasteiger partial charge in [-0.15, -0.1) is 5.10 Å². The number of carbonyl (C=O) groups excluding carboxylic acids is 1. The van der Waals surface area contributed by atoms with E-state index < -0.39 is 0 Å². The molecule has 9 heteroatoms. The maximum absolute atomic E-state index is 13.0. The summed E-state index contributed by atoms with van der Waals surface area (Å²) in [6, 6.07) is 9.56. The van der Waals surface area contributed by atoms with Crippen LogP contribution in [0.1, 0.15) is 5.76 Å². The Morgan fingerprint density at radius 1 is 1.40 bits per heavy atom. The molecule has 0 saturated carbocycles. The molecule has 1 aromatic carbocycles.